The molecule has 0 aromatic rings. The Morgan fingerprint density at radius 1 is 0.931 bits per heavy atom. The Labute approximate surface area is 173 Å². The van der Waals surface area contributed by atoms with Gasteiger partial charge in [-0.2, -0.15) is 0 Å². The van der Waals surface area contributed by atoms with Crippen LogP contribution in [0.15, 0.2) is 0 Å². The molecule has 7 nitrogen and oxygen atoms in total. The highest BCUT2D eigenvalue weighted by atomic mass is 16.2. The molecule has 1 aliphatic heterocycles. The Kier molecular flexibility index (Phi) is 5.87. The quantitative estimate of drug-likeness (QED) is 0.692. The van der Waals surface area contributed by atoms with Crippen molar-refractivity contribution < 1.29 is 14.4 Å². The highest BCUT2D eigenvalue weighted by Crippen LogP contribution is 2.60. The van der Waals surface area contributed by atoms with Gasteiger partial charge >= 0.3 is 0 Å². The van der Waals surface area contributed by atoms with E-state index in [1.54, 1.807) is 0 Å². The van der Waals surface area contributed by atoms with Crippen molar-refractivity contribution in [1.82, 2.24) is 20.4 Å². The third-order valence-electron chi connectivity index (χ3n) is 7.46. The fourth-order valence-electron chi connectivity index (χ4n) is 6.57. The minimum absolute atomic E-state index is 0.00522. The van der Waals surface area contributed by atoms with Crippen LogP contribution in [0.25, 0.3) is 0 Å². The van der Waals surface area contributed by atoms with Gasteiger partial charge in [-0.3, -0.25) is 19.3 Å². The molecule has 3 amide bonds. The van der Waals surface area contributed by atoms with E-state index in [0.29, 0.717) is 32.7 Å². The molecule has 0 unspecified atom stereocenters. The van der Waals surface area contributed by atoms with E-state index < -0.39 is 0 Å². The summed E-state index contributed by atoms with van der Waals surface area (Å²) >= 11 is 0. The van der Waals surface area contributed by atoms with Gasteiger partial charge in [0.05, 0.1) is 13.1 Å². The molecule has 0 spiro atoms. The van der Waals surface area contributed by atoms with E-state index in [9.17, 15) is 14.4 Å². The molecule has 5 aliphatic rings. The summed E-state index contributed by atoms with van der Waals surface area (Å²) in [4.78, 5) is 41.4. The summed E-state index contributed by atoms with van der Waals surface area (Å²) in [6.45, 7) is 7.00. The number of nitrogens with zero attached hydrogens (tertiary/aromatic N) is 2. The van der Waals surface area contributed by atoms with E-state index in [1.165, 1.54) is 19.3 Å². The van der Waals surface area contributed by atoms with Crippen molar-refractivity contribution >= 4 is 17.7 Å². The van der Waals surface area contributed by atoms with Crippen LogP contribution in [0.2, 0.25) is 0 Å². The van der Waals surface area contributed by atoms with Gasteiger partial charge in [-0.05, 0) is 70.1 Å². The van der Waals surface area contributed by atoms with Crippen molar-refractivity contribution in [1.29, 1.82) is 0 Å². The summed E-state index contributed by atoms with van der Waals surface area (Å²) in [5.41, 5.74) is -0.197. The van der Waals surface area contributed by atoms with Gasteiger partial charge in [-0.25, -0.2) is 0 Å². The molecule has 0 atom stereocenters. The number of amides is 3. The second-order valence-corrected chi connectivity index (χ2v) is 10.3. The normalized spacial score (nSPS) is 33.8. The number of hydrogen-bond donors (Lipinski definition) is 2. The Morgan fingerprint density at radius 2 is 1.48 bits per heavy atom. The molecule has 29 heavy (non-hydrogen) atoms. The maximum atomic E-state index is 13.0. The van der Waals surface area contributed by atoms with Crippen LogP contribution in [0.1, 0.15) is 52.4 Å². The summed E-state index contributed by atoms with van der Waals surface area (Å²) in [5.74, 6) is 2.32. The lowest BCUT2D eigenvalue weighted by atomic mass is 9.49. The molecule has 162 valence electrons. The average Bonchev–Trinajstić information content (AvgIpc) is 2.64. The van der Waals surface area contributed by atoms with Gasteiger partial charge in [0, 0.05) is 37.6 Å². The lowest BCUT2D eigenvalue weighted by Crippen LogP contribution is -2.56. The summed E-state index contributed by atoms with van der Waals surface area (Å²) in [5, 5.41) is 5.90. The molecule has 0 radical (unpaired) electrons. The second kappa shape index (κ2) is 8.25. The lowest BCUT2D eigenvalue weighted by Gasteiger charge is -2.55. The molecule has 1 heterocycles. The number of carbonyl (C=O) groups excluding carboxylic acids is 3. The topological polar surface area (TPSA) is 81.8 Å². The molecular weight excluding hydrogens is 368 g/mol. The SMILES string of the molecule is CC(C)NC(=O)CN1CCN(C(=O)CNC(=O)C23CC4CC(CC(C4)C2)C3)CC1. The maximum absolute atomic E-state index is 13.0. The van der Waals surface area contributed by atoms with Crippen LogP contribution in [0.3, 0.4) is 0 Å². The largest absolute Gasteiger partial charge is 0.353 e. The van der Waals surface area contributed by atoms with E-state index in [-0.39, 0.29) is 35.7 Å². The predicted octanol–water partition coefficient (Wildman–Crippen LogP) is 0.988. The molecular formula is C22H36N4O3. The molecule has 2 N–H and O–H groups in total. The first kappa shape index (κ1) is 20.6. The first-order chi connectivity index (χ1) is 13.8. The van der Waals surface area contributed by atoms with Gasteiger partial charge in [-0.1, -0.05) is 0 Å². The van der Waals surface area contributed by atoms with Gasteiger partial charge in [0.25, 0.3) is 0 Å². The minimum Gasteiger partial charge on any atom is -0.353 e. The molecule has 0 aromatic heterocycles. The number of hydrogen-bond acceptors (Lipinski definition) is 4. The standard InChI is InChI=1S/C22H36N4O3/c1-15(2)24-19(27)14-25-3-5-26(6-4-25)20(28)13-23-21(29)22-10-16-7-17(11-22)9-18(8-16)12-22/h15-18H,3-14H2,1-2H3,(H,23,29)(H,24,27). The van der Waals surface area contributed by atoms with E-state index in [2.05, 4.69) is 15.5 Å². The van der Waals surface area contributed by atoms with E-state index in [4.69, 9.17) is 0 Å². The zero-order valence-electron chi connectivity index (χ0n) is 17.9. The fourth-order valence-corrected chi connectivity index (χ4v) is 6.57. The third kappa shape index (κ3) is 4.60. The second-order valence-electron chi connectivity index (χ2n) is 10.3. The van der Waals surface area contributed by atoms with E-state index in [0.717, 1.165) is 37.0 Å². The molecule has 1 saturated heterocycles. The van der Waals surface area contributed by atoms with Crippen molar-refractivity contribution in [2.45, 2.75) is 58.4 Å². The maximum Gasteiger partial charge on any atom is 0.242 e. The Balaban J connectivity index is 1.21. The van der Waals surface area contributed by atoms with Crippen LogP contribution in [0, 0.1) is 23.2 Å². The van der Waals surface area contributed by atoms with Crippen molar-refractivity contribution in [3.8, 4) is 0 Å². The van der Waals surface area contributed by atoms with Gasteiger partial charge in [0.1, 0.15) is 0 Å². The van der Waals surface area contributed by atoms with Crippen molar-refractivity contribution in [2.75, 3.05) is 39.3 Å². The zero-order valence-corrected chi connectivity index (χ0v) is 17.9. The Hall–Kier alpha value is -1.63. The number of piperazine rings is 1. The van der Waals surface area contributed by atoms with Crippen LogP contribution in [-0.4, -0.2) is 72.8 Å². The number of carbonyl (C=O) groups is 3. The summed E-state index contributed by atoms with van der Waals surface area (Å²) < 4.78 is 0. The van der Waals surface area contributed by atoms with Gasteiger partial charge in [0.2, 0.25) is 17.7 Å². The molecule has 4 saturated carbocycles. The number of rotatable bonds is 6. The molecule has 4 bridgehead atoms. The van der Waals surface area contributed by atoms with Crippen LogP contribution >= 0.6 is 0 Å². The summed E-state index contributed by atoms with van der Waals surface area (Å²) in [6.07, 6.45) is 7.00. The highest BCUT2D eigenvalue weighted by Gasteiger charge is 2.54. The van der Waals surface area contributed by atoms with Gasteiger partial charge in [-0.15, -0.1) is 0 Å². The van der Waals surface area contributed by atoms with Crippen molar-refractivity contribution in [2.24, 2.45) is 23.2 Å². The zero-order chi connectivity index (χ0) is 20.6. The molecule has 0 aromatic carbocycles. The lowest BCUT2D eigenvalue weighted by molar-refractivity contribution is -0.148. The van der Waals surface area contributed by atoms with Gasteiger partial charge < -0.3 is 15.5 Å². The van der Waals surface area contributed by atoms with Crippen LogP contribution in [0.5, 0.6) is 0 Å². The number of nitrogens with one attached hydrogen (secondary N) is 2. The smallest absolute Gasteiger partial charge is 0.242 e. The summed E-state index contributed by atoms with van der Waals surface area (Å²) in [7, 11) is 0. The Morgan fingerprint density at radius 3 is 2.00 bits per heavy atom. The highest BCUT2D eigenvalue weighted by molar-refractivity contribution is 5.88. The van der Waals surface area contributed by atoms with Crippen LogP contribution in [0.4, 0.5) is 0 Å². The van der Waals surface area contributed by atoms with Crippen molar-refractivity contribution in [3.63, 3.8) is 0 Å². The van der Waals surface area contributed by atoms with Gasteiger partial charge in [0.15, 0.2) is 0 Å². The first-order valence-corrected chi connectivity index (χ1v) is 11.4. The minimum atomic E-state index is -0.197. The fraction of sp³-hybridized carbons (Fsp3) is 0.864. The van der Waals surface area contributed by atoms with Crippen molar-refractivity contribution in [3.05, 3.63) is 0 Å². The molecule has 5 rings (SSSR count). The first-order valence-electron chi connectivity index (χ1n) is 11.4. The third-order valence-corrected chi connectivity index (χ3v) is 7.46. The molecule has 4 aliphatic carbocycles. The van der Waals surface area contributed by atoms with E-state index in [1.807, 2.05) is 18.7 Å². The van der Waals surface area contributed by atoms with Crippen LogP contribution in [-0.2, 0) is 14.4 Å². The molecule has 5 fully saturated rings. The van der Waals surface area contributed by atoms with E-state index >= 15 is 0 Å². The average molecular weight is 405 g/mol. The summed E-state index contributed by atoms with van der Waals surface area (Å²) in [6, 6.07) is 0.142. The Bertz CT molecular complexity index is 619. The predicted molar refractivity (Wildman–Crippen MR) is 110 cm³/mol. The monoisotopic (exact) mass is 404 g/mol. The molecule has 7 heteroatoms. The van der Waals surface area contributed by atoms with Crippen LogP contribution < -0.4 is 10.6 Å².